The normalized spacial score (nSPS) is 16.9. The minimum Gasteiger partial charge on any atom is -0.384 e. The third-order valence-corrected chi connectivity index (χ3v) is 5.59. The Hall–Kier alpha value is -3.00. The number of aromatic nitrogens is 3. The van der Waals surface area contributed by atoms with Gasteiger partial charge in [-0.15, -0.1) is 0 Å². The van der Waals surface area contributed by atoms with Crippen molar-refractivity contribution in [2.45, 2.75) is 31.8 Å². The van der Waals surface area contributed by atoms with Gasteiger partial charge in [-0.25, -0.2) is 14.2 Å². The summed E-state index contributed by atoms with van der Waals surface area (Å²) in [5.74, 6) is -0.300. The second-order valence-electron chi connectivity index (χ2n) is 7.59. The summed E-state index contributed by atoms with van der Waals surface area (Å²) in [6, 6.07) is 9.74. The van der Waals surface area contributed by atoms with Gasteiger partial charge in [0.15, 0.2) is 5.65 Å². The topological polar surface area (TPSA) is 69.4 Å². The van der Waals surface area contributed by atoms with Crippen LogP contribution in [0.25, 0.3) is 11.2 Å². The first-order valence-electron chi connectivity index (χ1n) is 10.2. The van der Waals surface area contributed by atoms with E-state index >= 15 is 0 Å². The smallest absolute Gasteiger partial charge is 0.330 e. The molecule has 0 bridgehead atoms. The number of ether oxygens (including phenoxy) is 1. The van der Waals surface area contributed by atoms with Crippen molar-refractivity contribution in [3.8, 4) is 0 Å². The van der Waals surface area contributed by atoms with Crippen LogP contribution in [0, 0.1) is 5.82 Å². The van der Waals surface area contributed by atoms with E-state index in [1.165, 1.54) is 12.1 Å². The third kappa shape index (κ3) is 4.00. The van der Waals surface area contributed by atoms with Crippen LogP contribution >= 0.6 is 0 Å². The number of rotatable bonds is 6. The number of piperidine rings is 1. The number of hydrogen-bond acceptors (Lipinski definition) is 4. The highest BCUT2D eigenvalue weighted by molar-refractivity contribution is 5.76. The first-order valence-corrected chi connectivity index (χ1v) is 10.2. The second-order valence-corrected chi connectivity index (χ2v) is 7.59. The maximum absolute atomic E-state index is 13.6. The monoisotopic (exact) mass is 412 g/mol. The van der Waals surface area contributed by atoms with E-state index in [-0.39, 0.29) is 30.0 Å². The lowest BCUT2D eigenvalue weighted by molar-refractivity contribution is -0.133. The summed E-state index contributed by atoms with van der Waals surface area (Å²) in [4.78, 5) is 32.1. The zero-order chi connectivity index (χ0) is 21.1. The summed E-state index contributed by atoms with van der Waals surface area (Å²) in [6.45, 7) is 1.80. The number of pyridine rings is 1. The highest BCUT2D eigenvalue weighted by Gasteiger charge is 2.28. The number of nitrogens with zero attached hydrogens (tertiary/aromatic N) is 4. The fourth-order valence-corrected chi connectivity index (χ4v) is 4.15. The second kappa shape index (κ2) is 8.79. The molecule has 1 amide bonds. The Balaban J connectivity index is 1.68. The number of benzene rings is 1. The zero-order valence-corrected chi connectivity index (χ0v) is 17.0. The number of methoxy groups -OCH3 is 1. The van der Waals surface area contributed by atoms with Crippen molar-refractivity contribution < 1.29 is 13.9 Å². The van der Waals surface area contributed by atoms with Crippen molar-refractivity contribution in [1.82, 2.24) is 19.0 Å². The SMILES string of the molecule is COCCC(=O)N1CCC[C@H](n2c(=O)n(Cc3cccc(F)c3)c3cccnc32)C1. The minimum atomic E-state index is -0.333. The molecule has 2 aromatic heterocycles. The molecule has 1 aliphatic heterocycles. The van der Waals surface area contributed by atoms with Crippen LogP contribution in [0.5, 0.6) is 0 Å². The van der Waals surface area contributed by atoms with Crippen molar-refractivity contribution in [1.29, 1.82) is 0 Å². The van der Waals surface area contributed by atoms with E-state index in [2.05, 4.69) is 4.98 Å². The molecule has 1 atom stereocenters. The van der Waals surface area contributed by atoms with Crippen LogP contribution in [0.2, 0.25) is 0 Å². The molecule has 1 aromatic carbocycles. The number of halogens is 1. The molecule has 0 N–H and O–H groups in total. The Labute approximate surface area is 173 Å². The lowest BCUT2D eigenvalue weighted by Gasteiger charge is -2.33. The number of imidazole rings is 1. The highest BCUT2D eigenvalue weighted by Crippen LogP contribution is 2.25. The molecule has 158 valence electrons. The molecule has 0 saturated carbocycles. The lowest BCUT2D eigenvalue weighted by Crippen LogP contribution is -2.43. The summed E-state index contributed by atoms with van der Waals surface area (Å²) in [7, 11) is 1.57. The molecule has 0 spiro atoms. The van der Waals surface area contributed by atoms with Gasteiger partial charge in [-0.2, -0.15) is 0 Å². The standard InChI is InChI=1S/C22H25FN4O3/c1-30-12-9-20(28)25-11-4-7-18(15-25)27-21-19(8-3-10-24-21)26(22(27)29)14-16-5-2-6-17(23)13-16/h2-3,5-6,8,10,13,18H,4,7,9,11-12,14-15H2,1H3/t18-/m0/s1. The van der Waals surface area contributed by atoms with E-state index in [1.807, 2.05) is 6.07 Å². The van der Waals surface area contributed by atoms with Gasteiger partial charge in [-0.1, -0.05) is 12.1 Å². The number of fused-ring (bicyclic) bond motifs is 1. The number of hydrogen-bond donors (Lipinski definition) is 0. The van der Waals surface area contributed by atoms with Gasteiger partial charge in [0.05, 0.1) is 31.1 Å². The molecular weight excluding hydrogens is 387 g/mol. The molecule has 7 nitrogen and oxygen atoms in total. The van der Waals surface area contributed by atoms with Crippen LogP contribution in [-0.2, 0) is 16.1 Å². The number of amides is 1. The first kappa shape index (κ1) is 20.3. The maximum Gasteiger partial charge on any atom is 0.330 e. The molecule has 3 aromatic rings. The van der Waals surface area contributed by atoms with Crippen LogP contribution < -0.4 is 5.69 Å². The minimum absolute atomic E-state index is 0.0334. The van der Waals surface area contributed by atoms with Crippen LogP contribution in [0.15, 0.2) is 47.4 Å². The third-order valence-electron chi connectivity index (χ3n) is 5.59. The molecule has 1 saturated heterocycles. The van der Waals surface area contributed by atoms with E-state index in [4.69, 9.17) is 4.74 Å². The molecule has 30 heavy (non-hydrogen) atoms. The number of carbonyl (C=O) groups is 1. The van der Waals surface area contributed by atoms with Gasteiger partial charge in [0, 0.05) is 26.4 Å². The van der Waals surface area contributed by atoms with Crippen LogP contribution in [0.3, 0.4) is 0 Å². The van der Waals surface area contributed by atoms with Gasteiger partial charge in [0.1, 0.15) is 5.82 Å². The number of carbonyl (C=O) groups excluding carboxylic acids is 1. The van der Waals surface area contributed by atoms with Gasteiger partial charge < -0.3 is 9.64 Å². The summed E-state index contributed by atoms with van der Waals surface area (Å²) in [5.41, 5.74) is 1.81. The van der Waals surface area contributed by atoms with Crippen LogP contribution in [0.1, 0.15) is 30.9 Å². The van der Waals surface area contributed by atoms with Crippen LogP contribution in [0.4, 0.5) is 4.39 Å². The zero-order valence-electron chi connectivity index (χ0n) is 17.0. The molecular formula is C22H25FN4O3. The molecule has 1 fully saturated rings. The molecule has 0 radical (unpaired) electrons. The Kier molecular flexibility index (Phi) is 5.94. The van der Waals surface area contributed by atoms with Gasteiger partial charge in [-0.3, -0.25) is 13.9 Å². The Morgan fingerprint density at radius 2 is 2.17 bits per heavy atom. The van der Waals surface area contributed by atoms with E-state index in [0.717, 1.165) is 12.8 Å². The molecule has 0 aliphatic carbocycles. The average Bonchev–Trinajstić information content (AvgIpc) is 3.03. The van der Waals surface area contributed by atoms with E-state index in [1.54, 1.807) is 45.5 Å². The van der Waals surface area contributed by atoms with Gasteiger partial charge in [0.25, 0.3) is 0 Å². The maximum atomic E-state index is 13.6. The van der Waals surface area contributed by atoms with Gasteiger partial charge >= 0.3 is 5.69 Å². The van der Waals surface area contributed by atoms with E-state index in [0.29, 0.717) is 42.8 Å². The van der Waals surface area contributed by atoms with Crippen molar-refractivity contribution in [3.63, 3.8) is 0 Å². The van der Waals surface area contributed by atoms with Crippen molar-refractivity contribution in [2.75, 3.05) is 26.8 Å². The molecule has 8 heteroatoms. The fraction of sp³-hybridized carbons (Fsp3) is 0.409. The van der Waals surface area contributed by atoms with Crippen molar-refractivity contribution >= 4 is 17.1 Å². The fourth-order valence-electron chi connectivity index (χ4n) is 4.15. The predicted octanol–water partition coefficient (Wildman–Crippen LogP) is 2.59. The summed E-state index contributed by atoms with van der Waals surface area (Å²) >= 11 is 0. The Morgan fingerprint density at radius 3 is 2.97 bits per heavy atom. The molecule has 1 aliphatic rings. The lowest BCUT2D eigenvalue weighted by atomic mass is 10.1. The molecule has 4 rings (SSSR count). The van der Waals surface area contributed by atoms with Crippen molar-refractivity contribution in [2.24, 2.45) is 0 Å². The molecule has 0 unspecified atom stereocenters. The summed E-state index contributed by atoms with van der Waals surface area (Å²) < 4.78 is 22.0. The number of likely N-dealkylation sites (tertiary alicyclic amines) is 1. The van der Waals surface area contributed by atoms with E-state index < -0.39 is 0 Å². The van der Waals surface area contributed by atoms with Crippen molar-refractivity contribution in [3.05, 3.63) is 64.5 Å². The molecule has 3 heterocycles. The average molecular weight is 412 g/mol. The largest absolute Gasteiger partial charge is 0.384 e. The Bertz CT molecular complexity index is 1110. The quantitative estimate of drug-likeness (QED) is 0.624. The Morgan fingerprint density at radius 1 is 1.30 bits per heavy atom. The van der Waals surface area contributed by atoms with Gasteiger partial charge in [0.2, 0.25) is 5.91 Å². The van der Waals surface area contributed by atoms with Gasteiger partial charge in [-0.05, 0) is 42.7 Å². The predicted molar refractivity (Wildman–Crippen MR) is 111 cm³/mol. The summed E-state index contributed by atoms with van der Waals surface area (Å²) in [5, 5.41) is 0. The summed E-state index contributed by atoms with van der Waals surface area (Å²) in [6.07, 6.45) is 3.61. The van der Waals surface area contributed by atoms with E-state index in [9.17, 15) is 14.0 Å². The first-order chi connectivity index (χ1) is 14.6. The van der Waals surface area contributed by atoms with Crippen LogP contribution in [-0.4, -0.2) is 51.7 Å². The highest BCUT2D eigenvalue weighted by atomic mass is 19.1.